The van der Waals surface area contributed by atoms with Crippen LogP contribution in [0, 0.1) is 0 Å². The number of methoxy groups -OCH3 is 2. The molecule has 0 unspecified atom stereocenters. The summed E-state index contributed by atoms with van der Waals surface area (Å²) in [6.07, 6.45) is 3.18. The maximum Gasteiger partial charge on any atom is 0.240 e. The maximum absolute atomic E-state index is 12.2. The molecule has 0 radical (unpaired) electrons. The summed E-state index contributed by atoms with van der Waals surface area (Å²) < 4.78 is 37.4. The molecule has 0 saturated carbocycles. The van der Waals surface area contributed by atoms with Gasteiger partial charge in [-0.3, -0.25) is 4.98 Å². The normalized spacial score (nSPS) is 11.2. The summed E-state index contributed by atoms with van der Waals surface area (Å²) in [6, 6.07) is 12.0. The number of aromatic nitrogens is 1. The van der Waals surface area contributed by atoms with Crippen molar-refractivity contribution in [2.45, 2.75) is 4.90 Å². The molecular weight excluding hydrogens is 378 g/mol. The van der Waals surface area contributed by atoms with Crippen LogP contribution in [0.2, 0.25) is 0 Å². The molecule has 0 saturated heterocycles. The van der Waals surface area contributed by atoms with Gasteiger partial charge >= 0.3 is 0 Å². The largest absolute Gasteiger partial charge is 0.493 e. The van der Waals surface area contributed by atoms with E-state index in [4.69, 9.17) is 9.47 Å². The number of pyridine rings is 1. The van der Waals surface area contributed by atoms with Gasteiger partial charge in [-0.1, -0.05) is 6.08 Å². The summed E-state index contributed by atoms with van der Waals surface area (Å²) in [6.45, 7) is 3.68. The Bertz CT molecular complexity index is 1100. The average Bonchev–Trinajstić information content (AvgIpc) is 2.72. The molecule has 0 fully saturated rings. The molecule has 0 atom stereocenters. The van der Waals surface area contributed by atoms with Gasteiger partial charge in [0.15, 0.2) is 11.5 Å². The number of nitrogens with one attached hydrogen (secondary N) is 2. The van der Waals surface area contributed by atoms with Gasteiger partial charge in [0.05, 0.1) is 24.6 Å². The number of fused-ring (bicyclic) bond motifs is 1. The lowest BCUT2D eigenvalue weighted by Gasteiger charge is -2.13. The highest BCUT2D eigenvalue weighted by atomic mass is 32.2. The number of nitrogens with zero attached hydrogens (tertiary/aromatic N) is 1. The second-order valence-electron chi connectivity index (χ2n) is 5.87. The first-order valence-corrected chi connectivity index (χ1v) is 9.95. The lowest BCUT2D eigenvalue weighted by molar-refractivity contribution is 0.356. The predicted molar refractivity (Wildman–Crippen MR) is 110 cm³/mol. The van der Waals surface area contributed by atoms with Crippen molar-refractivity contribution >= 4 is 32.3 Å². The fourth-order valence-corrected chi connectivity index (χ4v) is 3.70. The van der Waals surface area contributed by atoms with Crippen molar-refractivity contribution in [3.05, 3.63) is 61.3 Å². The van der Waals surface area contributed by atoms with Gasteiger partial charge in [0.25, 0.3) is 0 Å². The van der Waals surface area contributed by atoms with Gasteiger partial charge in [-0.2, -0.15) is 0 Å². The number of benzene rings is 2. The van der Waals surface area contributed by atoms with E-state index in [2.05, 4.69) is 21.6 Å². The Kier molecular flexibility index (Phi) is 5.81. The van der Waals surface area contributed by atoms with Crippen LogP contribution in [0.15, 0.2) is 66.2 Å². The first-order valence-electron chi connectivity index (χ1n) is 8.47. The third-order valence-corrected chi connectivity index (χ3v) is 5.55. The van der Waals surface area contributed by atoms with Crippen LogP contribution in [0.3, 0.4) is 0 Å². The molecule has 0 aliphatic heterocycles. The van der Waals surface area contributed by atoms with Crippen LogP contribution in [-0.2, 0) is 10.0 Å². The number of rotatable bonds is 8. The van der Waals surface area contributed by atoms with E-state index in [1.807, 2.05) is 12.1 Å². The van der Waals surface area contributed by atoms with Crippen molar-refractivity contribution in [1.29, 1.82) is 0 Å². The number of sulfonamides is 1. The van der Waals surface area contributed by atoms with Crippen molar-refractivity contribution in [2.75, 3.05) is 26.1 Å². The summed E-state index contributed by atoms with van der Waals surface area (Å²) in [4.78, 5) is 4.56. The highest BCUT2D eigenvalue weighted by molar-refractivity contribution is 7.89. The van der Waals surface area contributed by atoms with Crippen molar-refractivity contribution in [3.8, 4) is 11.5 Å². The van der Waals surface area contributed by atoms with Crippen LogP contribution >= 0.6 is 0 Å². The minimum atomic E-state index is -3.55. The maximum atomic E-state index is 12.2. The van der Waals surface area contributed by atoms with Crippen LogP contribution < -0.4 is 19.5 Å². The van der Waals surface area contributed by atoms with Gasteiger partial charge in [-0.05, 0) is 36.4 Å². The molecule has 2 N–H and O–H groups in total. The van der Waals surface area contributed by atoms with Crippen LogP contribution in [0.1, 0.15) is 0 Å². The van der Waals surface area contributed by atoms with E-state index in [1.54, 1.807) is 50.7 Å². The van der Waals surface area contributed by atoms with E-state index < -0.39 is 10.0 Å². The van der Waals surface area contributed by atoms with E-state index >= 15 is 0 Å². The SMILES string of the molecule is C=CCNS(=O)(=O)c1ccc(Nc2ccnc3cc(OC)c(OC)cc23)cc1. The van der Waals surface area contributed by atoms with Crippen molar-refractivity contribution in [1.82, 2.24) is 9.71 Å². The predicted octanol–water partition coefficient (Wildman–Crippen LogP) is 3.46. The molecule has 146 valence electrons. The van der Waals surface area contributed by atoms with E-state index in [9.17, 15) is 8.42 Å². The number of ether oxygens (including phenoxy) is 2. The lowest BCUT2D eigenvalue weighted by atomic mass is 10.1. The minimum Gasteiger partial charge on any atom is -0.493 e. The van der Waals surface area contributed by atoms with Gasteiger partial charge < -0.3 is 14.8 Å². The van der Waals surface area contributed by atoms with Gasteiger partial charge in [0.2, 0.25) is 10.0 Å². The van der Waals surface area contributed by atoms with Crippen LogP contribution in [0.4, 0.5) is 11.4 Å². The van der Waals surface area contributed by atoms with E-state index in [-0.39, 0.29) is 11.4 Å². The first-order chi connectivity index (χ1) is 13.5. The zero-order valence-electron chi connectivity index (χ0n) is 15.6. The molecular formula is C20H21N3O4S. The Morgan fingerprint density at radius 1 is 1.07 bits per heavy atom. The molecule has 1 aromatic heterocycles. The summed E-state index contributed by atoms with van der Waals surface area (Å²) >= 11 is 0. The fraction of sp³-hybridized carbons (Fsp3) is 0.150. The molecule has 0 bridgehead atoms. The monoisotopic (exact) mass is 399 g/mol. The van der Waals surface area contributed by atoms with Gasteiger partial charge in [0.1, 0.15) is 0 Å². The van der Waals surface area contributed by atoms with E-state index in [0.717, 1.165) is 22.3 Å². The van der Waals surface area contributed by atoms with Crippen molar-refractivity contribution in [2.24, 2.45) is 0 Å². The highest BCUT2D eigenvalue weighted by Crippen LogP contribution is 2.35. The third-order valence-electron chi connectivity index (χ3n) is 4.11. The van der Waals surface area contributed by atoms with E-state index in [1.165, 1.54) is 6.08 Å². The van der Waals surface area contributed by atoms with Crippen LogP contribution in [-0.4, -0.2) is 34.2 Å². The highest BCUT2D eigenvalue weighted by Gasteiger charge is 2.13. The molecule has 1 heterocycles. The molecule has 7 nitrogen and oxygen atoms in total. The molecule has 0 spiro atoms. The zero-order chi connectivity index (χ0) is 20.1. The molecule has 0 aliphatic carbocycles. The standard InChI is InChI=1S/C20H21N3O4S/c1-4-10-22-28(24,25)15-7-5-14(6-8-15)23-17-9-11-21-18-13-20(27-3)19(26-2)12-16(17)18/h4-9,11-13,22H,1,10H2,2-3H3,(H,21,23). The topological polar surface area (TPSA) is 89.6 Å². The molecule has 0 amide bonds. The quantitative estimate of drug-likeness (QED) is 0.564. The fourth-order valence-electron chi connectivity index (χ4n) is 2.71. The number of anilines is 2. The molecule has 2 aromatic carbocycles. The van der Waals surface area contributed by atoms with Gasteiger partial charge in [-0.25, -0.2) is 13.1 Å². The second-order valence-corrected chi connectivity index (χ2v) is 7.64. The average molecular weight is 399 g/mol. The number of hydrogen-bond donors (Lipinski definition) is 2. The Balaban J connectivity index is 1.91. The van der Waals surface area contributed by atoms with E-state index in [0.29, 0.717) is 11.5 Å². The molecule has 0 aliphatic rings. The van der Waals surface area contributed by atoms with Gasteiger partial charge in [-0.15, -0.1) is 6.58 Å². The molecule has 3 aromatic rings. The van der Waals surface area contributed by atoms with Crippen LogP contribution in [0.5, 0.6) is 11.5 Å². The summed E-state index contributed by atoms with van der Waals surface area (Å²) in [5, 5.41) is 4.14. The Morgan fingerprint density at radius 3 is 2.39 bits per heavy atom. The van der Waals surface area contributed by atoms with Crippen molar-refractivity contribution < 1.29 is 17.9 Å². The molecule has 28 heavy (non-hydrogen) atoms. The van der Waals surface area contributed by atoms with Crippen molar-refractivity contribution in [3.63, 3.8) is 0 Å². The Hall–Kier alpha value is -3.10. The number of hydrogen-bond acceptors (Lipinski definition) is 6. The van der Waals surface area contributed by atoms with Crippen LogP contribution in [0.25, 0.3) is 10.9 Å². The zero-order valence-corrected chi connectivity index (χ0v) is 16.4. The summed E-state index contributed by atoms with van der Waals surface area (Å²) in [7, 11) is -0.402. The smallest absolute Gasteiger partial charge is 0.240 e. The first kappa shape index (κ1) is 19.7. The second kappa shape index (κ2) is 8.28. The van der Waals surface area contributed by atoms with Gasteiger partial charge in [0, 0.05) is 35.6 Å². The Morgan fingerprint density at radius 2 is 1.75 bits per heavy atom. The molecule has 8 heteroatoms. The summed E-state index contributed by atoms with van der Waals surface area (Å²) in [5.41, 5.74) is 2.30. The molecule has 3 rings (SSSR count). The third kappa shape index (κ3) is 4.08. The minimum absolute atomic E-state index is 0.177. The Labute approximate surface area is 164 Å². The summed E-state index contributed by atoms with van der Waals surface area (Å²) in [5.74, 6) is 1.20. The lowest BCUT2D eigenvalue weighted by Crippen LogP contribution is -2.23.